The molecular formula is C27H35Cl2N3O4S. The molecule has 1 aliphatic rings. The zero-order chi connectivity index (χ0) is 27.2. The summed E-state index contributed by atoms with van der Waals surface area (Å²) in [6.07, 6.45) is 6.13. The lowest BCUT2D eigenvalue weighted by Gasteiger charge is -2.33. The Hall–Kier alpha value is -2.29. The Bertz CT molecular complexity index is 1180. The lowest BCUT2D eigenvalue weighted by atomic mass is 10.1. The van der Waals surface area contributed by atoms with Crippen LogP contribution in [-0.4, -0.2) is 50.0 Å². The number of carbonyl (C=O) groups excluding carboxylic acids is 2. The molecule has 0 bridgehead atoms. The maximum Gasteiger partial charge on any atom is 0.244 e. The zero-order valence-electron chi connectivity index (χ0n) is 21.5. The van der Waals surface area contributed by atoms with Gasteiger partial charge in [0.1, 0.15) is 12.6 Å². The number of halogens is 2. The number of nitrogens with one attached hydrogen (secondary N) is 1. The van der Waals surface area contributed by atoms with Crippen molar-refractivity contribution in [1.29, 1.82) is 0 Å². The molecule has 10 heteroatoms. The normalized spacial score (nSPS) is 14.8. The first-order valence-corrected chi connectivity index (χ1v) is 15.2. The highest BCUT2D eigenvalue weighted by Crippen LogP contribution is 2.28. The number of nitrogens with zero attached hydrogens (tertiary/aromatic N) is 2. The molecule has 0 aliphatic heterocycles. The molecule has 2 aromatic carbocycles. The van der Waals surface area contributed by atoms with Crippen LogP contribution in [0.3, 0.4) is 0 Å². The standard InChI is InChI=1S/C27H35Cl2N3O4S/c1-4-19-13-15-21(16-14-19)32(37(3,35)36)18-26(33)31(17-22-23(28)11-8-12-24(22)29)25(5-2)27(34)30-20-9-6-7-10-20/h8,11-16,20,25H,4-7,9-10,17-18H2,1-3H3,(H,30,34)/t25-/m0/s1. The first-order valence-electron chi connectivity index (χ1n) is 12.6. The molecule has 1 saturated carbocycles. The number of rotatable bonds is 11. The zero-order valence-corrected chi connectivity index (χ0v) is 23.9. The van der Waals surface area contributed by atoms with Crippen molar-refractivity contribution in [2.45, 2.75) is 71.0 Å². The van der Waals surface area contributed by atoms with Crippen molar-refractivity contribution in [3.05, 3.63) is 63.6 Å². The first-order chi connectivity index (χ1) is 17.5. The van der Waals surface area contributed by atoms with E-state index in [0.29, 0.717) is 27.7 Å². The van der Waals surface area contributed by atoms with Crippen molar-refractivity contribution in [2.75, 3.05) is 17.1 Å². The molecule has 1 fully saturated rings. The van der Waals surface area contributed by atoms with Gasteiger partial charge in [0.25, 0.3) is 0 Å². The molecule has 37 heavy (non-hydrogen) atoms. The van der Waals surface area contributed by atoms with Gasteiger partial charge in [-0.05, 0) is 55.5 Å². The van der Waals surface area contributed by atoms with Crippen molar-refractivity contribution in [1.82, 2.24) is 10.2 Å². The third-order valence-electron chi connectivity index (χ3n) is 6.79. The smallest absolute Gasteiger partial charge is 0.244 e. The molecule has 3 rings (SSSR count). The fraction of sp³-hybridized carbons (Fsp3) is 0.481. The van der Waals surface area contributed by atoms with Crippen molar-refractivity contribution in [2.24, 2.45) is 0 Å². The number of benzene rings is 2. The van der Waals surface area contributed by atoms with Gasteiger partial charge in [-0.25, -0.2) is 8.42 Å². The van der Waals surface area contributed by atoms with Crippen LogP contribution in [0, 0.1) is 0 Å². The van der Waals surface area contributed by atoms with E-state index in [0.717, 1.165) is 48.2 Å². The van der Waals surface area contributed by atoms with Crippen molar-refractivity contribution >= 4 is 50.7 Å². The van der Waals surface area contributed by atoms with Crippen LogP contribution < -0.4 is 9.62 Å². The van der Waals surface area contributed by atoms with E-state index in [1.165, 1.54) is 4.90 Å². The Morgan fingerprint density at radius 1 is 1.03 bits per heavy atom. The molecule has 7 nitrogen and oxygen atoms in total. The number of sulfonamides is 1. The van der Waals surface area contributed by atoms with E-state index < -0.39 is 28.5 Å². The fourth-order valence-electron chi connectivity index (χ4n) is 4.65. The Balaban J connectivity index is 1.96. The second-order valence-corrected chi connectivity index (χ2v) is 12.1. The van der Waals surface area contributed by atoms with E-state index in [9.17, 15) is 18.0 Å². The highest BCUT2D eigenvalue weighted by atomic mass is 35.5. The summed E-state index contributed by atoms with van der Waals surface area (Å²) in [6.45, 7) is 3.34. The second-order valence-electron chi connectivity index (χ2n) is 9.43. The van der Waals surface area contributed by atoms with Gasteiger partial charge in [0, 0.05) is 28.2 Å². The number of hydrogen-bond donors (Lipinski definition) is 1. The summed E-state index contributed by atoms with van der Waals surface area (Å²) in [6, 6.07) is 11.4. The SMILES string of the molecule is CCc1ccc(N(CC(=O)N(Cc2c(Cl)cccc2Cl)[C@@H](CC)C(=O)NC2CCCC2)S(C)(=O)=O)cc1. The molecule has 0 aromatic heterocycles. The van der Waals surface area contributed by atoms with Gasteiger partial charge < -0.3 is 10.2 Å². The lowest BCUT2D eigenvalue weighted by molar-refractivity contribution is -0.140. The monoisotopic (exact) mass is 567 g/mol. The molecular weight excluding hydrogens is 533 g/mol. The van der Waals surface area contributed by atoms with E-state index in [-0.39, 0.29) is 18.5 Å². The number of carbonyl (C=O) groups is 2. The topological polar surface area (TPSA) is 86.8 Å². The molecule has 0 unspecified atom stereocenters. The average molecular weight is 569 g/mol. The van der Waals surface area contributed by atoms with Gasteiger partial charge in [0.05, 0.1) is 11.9 Å². The lowest BCUT2D eigenvalue weighted by Crippen LogP contribution is -2.53. The summed E-state index contributed by atoms with van der Waals surface area (Å²) in [5, 5.41) is 3.81. The number of aryl methyl sites for hydroxylation is 1. The molecule has 1 aliphatic carbocycles. The number of hydrogen-bond acceptors (Lipinski definition) is 4. The van der Waals surface area contributed by atoms with Crippen LogP contribution in [0.15, 0.2) is 42.5 Å². The highest BCUT2D eigenvalue weighted by Gasteiger charge is 2.33. The summed E-state index contributed by atoms with van der Waals surface area (Å²) in [5.74, 6) is -0.779. The maximum atomic E-state index is 13.8. The van der Waals surface area contributed by atoms with Crippen LogP contribution >= 0.6 is 23.2 Å². The van der Waals surface area contributed by atoms with Crippen LogP contribution in [0.5, 0.6) is 0 Å². The van der Waals surface area contributed by atoms with E-state index in [2.05, 4.69) is 5.32 Å². The molecule has 202 valence electrons. The van der Waals surface area contributed by atoms with Gasteiger partial charge in [-0.15, -0.1) is 0 Å². The van der Waals surface area contributed by atoms with E-state index >= 15 is 0 Å². The Kier molecular flexibility index (Phi) is 10.3. The van der Waals surface area contributed by atoms with Crippen LogP contribution in [0.25, 0.3) is 0 Å². The van der Waals surface area contributed by atoms with Crippen LogP contribution in [0.1, 0.15) is 57.1 Å². The molecule has 1 atom stereocenters. The quantitative estimate of drug-likeness (QED) is 0.405. The third kappa shape index (κ3) is 7.62. The second kappa shape index (κ2) is 13.0. The minimum atomic E-state index is -3.79. The minimum absolute atomic E-state index is 0.0275. The van der Waals surface area contributed by atoms with Crippen molar-refractivity contribution < 1.29 is 18.0 Å². The summed E-state index contributed by atoms with van der Waals surface area (Å²) < 4.78 is 26.6. The van der Waals surface area contributed by atoms with Crippen LogP contribution in [-0.2, 0) is 32.6 Å². The number of amides is 2. The van der Waals surface area contributed by atoms with E-state index in [1.54, 1.807) is 30.3 Å². The fourth-order valence-corrected chi connectivity index (χ4v) is 6.02. The van der Waals surface area contributed by atoms with E-state index in [1.807, 2.05) is 26.0 Å². The predicted molar refractivity (Wildman–Crippen MR) is 149 cm³/mol. The summed E-state index contributed by atoms with van der Waals surface area (Å²) in [4.78, 5) is 28.6. The molecule has 0 saturated heterocycles. The van der Waals surface area contributed by atoms with Gasteiger partial charge >= 0.3 is 0 Å². The number of anilines is 1. The van der Waals surface area contributed by atoms with E-state index in [4.69, 9.17) is 23.2 Å². The van der Waals surface area contributed by atoms with Gasteiger partial charge in [-0.2, -0.15) is 0 Å². The summed E-state index contributed by atoms with van der Waals surface area (Å²) in [5.41, 5.74) is 1.94. The maximum absolute atomic E-state index is 13.8. The first kappa shape index (κ1) is 29.3. The Morgan fingerprint density at radius 3 is 2.14 bits per heavy atom. The van der Waals surface area contributed by atoms with Gasteiger partial charge in [-0.3, -0.25) is 13.9 Å². The predicted octanol–water partition coefficient (Wildman–Crippen LogP) is 5.19. The van der Waals surface area contributed by atoms with Gasteiger partial charge in [-0.1, -0.05) is 68.1 Å². The third-order valence-corrected chi connectivity index (χ3v) is 8.64. The molecule has 0 spiro atoms. The van der Waals surface area contributed by atoms with Crippen molar-refractivity contribution in [3.63, 3.8) is 0 Å². The molecule has 2 aromatic rings. The molecule has 2 amide bonds. The highest BCUT2D eigenvalue weighted by molar-refractivity contribution is 7.92. The summed E-state index contributed by atoms with van der Waals surface area (Å²) in [7, 11) is -3.79. The Labute approximate surface area is 230 Å². The van der Waals surface area contributed by atoms with Gasteiger partial charge in [0.15, 0.2) is 0 Å². The van der Waals surface area contributed by atoms with Crippen molar-refractivity contribution in [3.8, 4) is 0 Å². The largest absolute Gasteiger partial charge is 0.352 e. The van der Waals surface area contributed by atoms with Crippen LogP contribution in [0.4, 0.5) is 5.69 Å². The molecule has 1 N–H and O–H groups in total. The molecule has 0 radical (unpaired) electrons. The van der Waals surface area contributed by atoms with Gasteiger partial charge in [0.2, 0.25) is 21.8 Å². The minimum Gasteiger partial charge on any atom is -0.352 e. The van der Waals surface area contributed by atoms with Crippen LogP contribution in [0.2, 0.25) is 10.0 Å². The molecule has 0 heterocycles. The summed E-state index contributed by atoms with van der Waals surface area (Å²) >= 11 is 12.8. The average Bonchev–Trinajstić information content (AvgIpc) is 3.36. The Morgan fingerprint density at radius 2 is 1.62 bits per heavy atom.